The molecule has 0 bridgehead atoms. The van der Waals surface area contributed by atoms with Crippen molar-refractivity contribution >= 4 is 39.5 Å². The maximum absolute atomic E-state index is 12.4. The van der Waals surface area contributed by atoms with Crippen molar-refractivity contribution in [3.05, 3.63) is 92.8 Å². The van der Waals surface area contributed by atoms with Gasteiger partial charge >= 0.3 is 6.03 Å². The molecule has 142 valence electrons. The van der Waals surface area contributed by atoms with Gasteiger partial charge in [0.25, 0.3) is 0 Å². The normalized spacial score (nSPS) is 13.2. The number of carbonyl (C=O) groups excluding carboxylic acids is 1. The lowest BCUT2D eigenvalue weighted by Crippen LogP contribution is -2.44. The lowest BCUT2D eigenvalue weighted by molar-refractivity contribution is 0.0863. The highest BCUT2D eigenvalue weighted by atomic mass is 32.1. The summed E-state index contributed by atoms with van der Waals surface area (Å²) < 4.78 is 0. The molecule has 4 rings (SSSR count). The van der Waals surface area contributed by atoms with E-state index < -0.39 is 5.60 Å². The number of urea groups is 1. The number of rotatable bonds is 6. The lowest BCUT2D eigenvalue weighted by Gasteiger charge is -2.27. The summed E-state index contributed by atoms with van der Waals surface area (Å²) in [6, 6.07) is 19.5. The molecule has 2 heterocycles. The van der Waals surface area contributed by atoms with E-state index in [1.807, 2.05) is 58.6 Å². The summed E-state index contributed by atoms with van der Waals surface area (Å²) >= 11 is 3.00. The summed E-state index contributed by atoms with van der Waals surface area (Å²) in [6.45, 7) is 0.523. The molecule has 28 heavy (non-hydrogen) atoms. The van der Waals surface area contributed by atoms with Crippen LogP contribution in [-0.4, -0.2) is 17.7 Å². The first-order valence-corrected chi connectivity index (χ1v) is 10.8. The van der Waals surface area contributed by atoms with E-state index in [4.69, 9.17) is 0 Å². The number of hydrogen-bond acceptors (Lipinski definition) is 4. The largest absolute Gasteiger partial charge is 0.378 e. The van der Waals surface area contributed by atoms with E-state index in [0.717, 1.165) is 26.8 Å². The molecule has 4 aromatic rings. The van der Waals surface area contributed by atoms with E-state index in [1.165, 1.54) is 22.7 Å². The fourth-order valence-corrected chi connectivity index (χ4v) is 4.81. The zero-order chi connectivity index (χ0) is 19.4. The van der Waals surface area contributed by atoms with Crippen molar-refractivity contribution in [2.45, 2.75) is 12.1 Å². The predicted molar refractivity (Wildman–Crippen MR) is 116 cm³/mol. The molecule has 1 unspecified atom stereocenters. The summed E-state index contributed by atoms with van der Waals surface area (Å²) in [5, 5.41) is 25.0. The van der Waals surface area contributed by atoms with Gasteiger partial charge in [0.2, 0.25) is 0 Å². The molecule has 0 saturated heterocycles. The van der Waals surface area contributed by atoms with Crippen LogP contribution in [-0.2, 0) is 12.1 Å². The fraction of sp³-hybridized carbons (Fsp3) is 0.136. The lowest BCUT2D eigenvalue weighted by atomic mass is 9.94. The Hall–Kier alpha value is -2.67. The average Bonchev–Trinajstić information content (AvgIpc) is 3.45. The van der Waals surface area contributed by atoms with Gasteiger partial charge in [0.05, 0.1) is 6.54 Å². The second-order valence-corrected chi connectivity index (χ2v) is 8.25. The molecular formula is C22H20N2O2S2. The van der Waals surface area contributed by atoms with Crippen LogP contribution in [0.25, 0.3) is 10.8 Å². The van der Waals surface area contributed by atoms with E-state index in [-0.39, 0.29) is 12.6 Å². The minimum absolute atomic E-state index is 0.103. The van der Waals surface area contributed by atoms with Crippen LogP contribution in [0.4, 0.5) is 4.79 Å². The molecule has 0 fully saturated rings. The van der Waals surface area contributed by atoms with Gasteiger partial charge in [-0.3, -0.25) is 0 Å². The quantitative estimate of drug-likeness (QED) is 0.433. The van der Waals surface area contributed by atoms with E-state index in [2.05, 4.69) is 28.8 Å². The minimum atomic E-state index is -1.23. The Balaban J connectivity index is 1.43. The predicted octanol–water partition coefficient (Wildman–Crippen LogP) is 4.70. The average molecular weight is 409 g/mol. The molecule has 0 radical (unpaired) electrons. The van der Waals surface area contributed by atoms with Crippen LogP contribution in [0, 0.1) is 0 Å². The standard InChI is InChI=1S/C22H20N2O2S2/c25-21(23-13-17-7-3-6-16-5-1-2-8-19(16)17)24-15-22(26,18-10-12-27-14-18)20-9-4-11-28-20/h1-12,14,26H,13,15H2,(H2,23,24,25). The molecule has 2 aromatic heterocycles. The Morgan fingerprint density at radius 3 is 2.61 bits per heavy atom. The van der Waals surface area contributed by atoms with Gasteiger partial charge in [-0.05, 0) is 44.6 Å². The number of carbonyl (C=O) groups is 1. The zero-order valence-electron chi connectivity index (χ0n) is 15.1. The molecule has 2 amide bonds. The Labute approximate surface area is 171 Å². The van der Waals surface area contributed by atoms with Crippen LogP contribution in [0.15, 0.2) is 76.8 Å². The first kappa shape index (κ1) is 18.7. The van der Waals surface area contributed by atoms with Gasteiger partial charge in [-0.1, -0.05) is 48.5 Å². The molecule has 2 aromatic carbocycles. The molecule has 3 N–H and O–H groups in total. The van der Waals surface area contributed by atoms with Gasteiger partial charge in [0.1, 0.15) is 5.60 Å². The Morgan fingerprint density at radius 1 is 0.964 bits per heavy atom. The third kappa shape index (κ3) is 3.80. The number of benzene rings is 2. The first-order chi connectivity index (χ1) is 13.7. The topological polar surface area (TPSA) is 61.4 Å². The van der Waals surface area contributed by atoms with E-state index >= 15 is 0 Å². The van der Waals surface area contributed by atoms with E-state index in [1.54, 1.807) is 0 Å². The third-order valence-electron chi connectivity index (χ3n) is 4.75. The number of amides is 2. The maximum atomic E-state index is 12.4. The summed E-state index contributed by atoms with van der Waals surface area (Å²) in [6.07, 6.45) is 0. The number of hydrogen-bond donors (Lipinski definition) is 3. The summed E-state index contributed by atoms with van der Waals surface area (Å²) in [4.78, 5) is 13.2. The summed E-state index contributed by atoms with van der Waals surface area (Å²) in [5.41, 5.74) is 0.610. The van der Waals surface area contributed by atoms with E-state index in [0.29, 0.717) is 6.54 Å². The van der Waals surface area contributed by atoms with Crippen LogP contribution in [0.5, 0.6) is 0 Å². The molecule has 0 aliphatic carbocycles. The van der Waals surface area contributed by atoms with Crippen LogP contribution in [0.1, 0.15) is 16.0 Å². The highest BCUT2D eigenvalue weighted by Crippen LogP contribution is 2.33. The monoisotopic (exact) mass is 408 g/mol. The van der Waals surface area contributed by atoms with Crippen LogP contribution in [0.2, 0.25) is 0 Å². The van der Waals surface area contributed by atoms with Crippen LogP contribution >= 0.6 is 22.7 Å². The molecule has 0 saturated carbocycles. The van der Waals surface area contributed by atoms with Crippen molar-refractivity contribution in [2.75, 3.05) is 6.54 Å². The molecule has 0 aliphatic rings. The minimum Gasteiger partial charge on any atom is -0.378 e. The first-order valence-electron chi connectivity index (χ1n) is 8.94. The second kappa shape index (κ2) is 8.14. The highest BCUT2D eigenvalue weighted by molar-refractivity contribution is 7.10. The SMILES string of the molecule is O=C(NCc1cccc2ccccc12)NCC(O)(c1ccsc1)c1cccs1. The number of fused-ring (bicyclic) bond motifs is 1. The van der Waals surface area contributed by atoms with E-state index in [9.17, 15) is 9.90 Å². The van der Waals surface area contributed by atoms with Gasteiger partial charge < -0.3 is 15.7 Å². The highest BCUT2D eigenvalue weighted by Gasteiger charge is 2.33. The Kier molecular flexibility index (Phi) is 5.43. The molecular weight excluding hydrogens is 388 g/mol. The number of thiophene rings is 2. The summed E-state index contributed by atoms with van der Waals surface area (Å²) in [5.74, 6) is 0. The van der Waals surface area contributed by atoms with Crippen molar-refractivity contribution in [3.63, 3.8) is 0 Å². The molecule has 4 nitrogen and oxygen atoms in total. The Bertz CT molecular complexity index is 1020. The van der Waals surface area contributed by atoms with Crippen LogP contribution in [0.3, 0.4) is 0 Å². The molecule has 0 aliphatic heterocycles. The van der Waals surface area contributed by atoms with Gasteiger partial charge in [-0.2, -0.15) is 11.3 Å². The Morgan fingerprint density at radius 2 is 1.82 bits per heavy atom. The fourth-order valence-electron chi connectivity index (χ4n) is 3.24. The van der Waals surface area contributed by atoms with Crippen molar-refractivity contribution in [1.82, 2.24) is 10.6 Å². The number of aliphatic hydroxyl groups is 1. The molecule has 6 heteroatoms. The van der Waals surface area contributed by atoms with Crippen molar-refractivity contribution < 1.29 is 9.90 Å². The van der Waals surface area contributed by atoms with Crippen molar-refractivity contribution in [3.8, 4) is 0 Å². The molecule has 1 atom stereocenters. The molecule has 0 spiro atoms. The smallest absolute Gasteiger partial charge is 0.315 e. The van der Waals surface area contributed by atoms with Crippen LogP contribution < -0.4 is 10.6 Å². The third-order valence-corrected chi connectivity index (χ3v) is 6.46. The maximum Gasteiger partial charge on any atom is 0.315 e. The number of nitrogens with one attached hydrogen (secondary N) is 2. The second-order valence-electron chi connectivity index (χ2n) is 6.52. The van der Waals surface area contributed by atoms with Gasteiger partial charge in [0, 0.05) is 17.0 Å². The van der Waals surface area contributed by atoms with Gasteiger partial charge in [-0.15, -0.1) is 11.3 Å². The summed E-state index contributed by atoms with van der Waals surface area (Å²) in [7, 11) is 0. The zero-order valence-corrected chi connectivity index (χ0v) is 16.7. The van der Waals surface area contributed by atoms with Gasteiger partial charge in [0.15, 0.2) is 0 Å². The van der Waals surface area contributed by atoms with Crippen molar-refractivity contribution in [2.24, 2.45) is 0 Å². The van der Waals surface area contributed by atoms with Crippen molar-refractivity contribution in [1.29, 1.82) is 0 Å². The van der Waals surface area contributed by atoms with Gasteiger partial charge in [-0.25, -0.2) is 4.79 Å².